The highest BCUT2D eigenvalue weighted by atomic mass is 16.4. The first kappa shape index (κ1) is 22.3. The number of carboxylic acid groups (broad SMARTS) is 1. The fourth-order valence-electron chi connectivity index (χ4n) is 1.58. The smallest absolute Gasteiger partial charge is 0.328 e. The third-order valence-corrected chi connectivity index (χ3v) is 3.00. The number of aliphatic hydroxyl groups excluding tert-OH is 1. The van der Waals surface area contributed by atoms with Gasteiger partial charge in [-0.1, -0.05) is 0 Å². The zero-order valence-corrected chi connectivity index (χ0v) is 13.8. The molecule has 4 amide bonds. The monoisotopic (exact) mass is 361 g/mol. The lowest BCUT2D eigenvalue weighted by molar-refractivity contribution is -0.143. The molecule has 0 aliphatic heterocycles. The van der Waals surface area contributed by atoms with Crippen molar-refractivity contribution in [2.75, 3.05) is 6.61 Å². The minimum Gasteiger partial charge on any atom is -0.480 e. The first-order valence-corrected chi connectivity index (χ1v) is 7.28. The van der Waals surface area contributed by atoms with Crippen molar-refractivity contribution in [3.63, 3.8) is 0 Å². The van der Waals surface area contributed by atoms with E-state index >= 15 is 0 Å². The number of carbonyl (C=O) groups is 5. The molecular weight excluding hydrogens is 338 g/mol. The van der Waals surface area contributed by atoms with Gasteiger partial charge in [-0.25, -0.2) is 4.79 Å². The highest BCUT2D eigenvalue weighted by Gasteiger charge is 2.28. The van der Waals surface area contributed by atoms with Gasteiger partial charge in [0.15, 0.2) is 0 Å². The Bertz CT molecular complexity index is 537. The first-order chi connectivity index (χ1) is 11.5. The van der Waals surface area contributed by atoms with E-state index in [-0.39, 0.29) is 0 Å². The van der Waals surface area contributed by atoms with Gasteiger partial charge in [0.1, 0.15) is 18.1 Å². The van der Waals surface area contributed by atoms with Gasteiger partial charge < -0.3 is 37.6 Å². The van der Waals surface area contributed by atoms with Crippen molar-refractivity contribution in [1.29, 1.82) is 0 Å². The maximum Gasteiger partial charge on any atom is 0.328 e. The number of aliphatic carboxylic acids is 1. The van der Waals surface area contributed by atoms with Crippen LogP contribution in [0.4, 0.5) is 0 Å². The van der Waals surface area contributed by atoms with Crippen LogP contribution in [-0.4, -0.2) is 70.6 Å². The predicted molar refractivity (Wildman–Crippen MR) is 83.6 cm³/mol. The molecule has 4 atom stereocenters. The lowest BCUT2D eigenvalue weighted by Gasteiger charge is -2.22. The van der Waals surface area contributed by atoms with Crippen LogP contribution in [0.5, 0.6) is 0 Å². The number of carboxylic acids is 1. The van der Waals surface area contributed by atoms with Crippen LogP contribution in [0.3, 0.4) is 0 Å². The topological polar surface area (TPSA) is 214 Å². The van der Waals surface area contributed by atoms with Crippen LogP contribution in [0.1, 0.15) is 20.3 Å². The SMILES string of the molecule is CC(N)C(=O)NC(CC(N)=O)C(=O)NC(C)C(=O)NC(CO)C(=O)O. The van der Waals surface area contributed by atoms with E-state index in [0.29, 0.717) is 0 Å². The summed E-state index contributed by atoms with van der Waals surface area (Å²) in [6, 6.07) is -5.03. The van der Waals surface area contributed by atoms with E-state index in [1.54, 1.807) is 0 Å². The number of primary amides is 1. The molecule has 0 rings (SSSR count). The van der Waals surface area contributed by atoms with Crippen LogP contribution in [0, 0.1) is 0 Å². The zero-order valence-electron chi connectivity index (χ0n) is 13.8. The molecule has 0 aromatic rings. The second-order valence-electron chi connectivity index (χ2n) is 5.33. The molecule has 0 bridgehead atoms. The molecule has 142 valence electrons. The van der Waals surface area contributed by atoms with Crippen molar-refractivity contribution < 1.29 is 34.2 Å². The predicted octanol–water partition coefficient (Wildman–Crippen LogP) is -4.24. The number of nitrogens with one attached hydrogen (secondary N) is 3. The van der Waals surface area contributed by atoms with Crippen LogP contribution in [0.15, 0.2) is 0 Å². The molecule has 0 aromatic carbocycles. The van der Waals surface area contributed by atoms with Crippen LogP contribution in [-0.2, 0) is 24.0 Å². The third kappa shape index (κ3) is 8.08. The highest BCUT2D eigenvalue weighted by molar-refractivity contribution is 5.95. The summed E-state index contributed by atoms with van der Waals surface area (Å²) in [6.45, 7) is 1.78. The molecule has 0 aliphatic rings. The van der Waals surface area contributed by atoms with E-state index < -0.39 is 66.8 Å². The minimum absolute atomic E-state index is 0.521. The molecule has 0 fully saturated rings. The Morgan fingerprint density at radius 1 is 0.920 bits per heavy atom. The standard InChI is InChI=1S/C13H23N5O7/c1-5(14)10(21)17-7(3-9(15)20)12(23)16-6(2)11(22)18-8(4-19)13(24)25/h5-8,19H,3-4,14H2,1-2H3,(H2,15,20)(H,16,23)(H,17,21)(H,18,22)(H,24,25). The number of amides is 4. The summed E-state index contributed by atoms with van der Waals surface area (Å²) >= 11 is 0. The van der Waals surface area contributed by atoms with Gasteiger partial charge in [0.05, 0.1) is 19.1 Å². The van der Waals surface area contributed by atoms with Crippen LogP contribution >= 0.6 is 0 Å². The molecule has 4 unspecified atom stereocenters. The van der Waals surface area contributed by atoms with Crippen LogP contribution in [0.2, 0.25) is 0 Å². The molecule has 0 aromatic heterocycles. The van der Waals surface area contributed by atoms with Crippen molar-refractivity contribution in [3.05, 3.63) is 0 Å². The average molecular weight is 361 g/mol. The lowest BCUT2D eigenvalue weighted by Crippen LogP contribution is -2.57. The molecule has 12 heteroatoms. The molecule has 9 N–H and O–H groups in total. The van der Waals surface area contributed by atoms with Crippen LogP contribution < -0.4 is 27.4 Å². The Morgan fingerprint density at radius 3 is 1.84 bits per heavy atom. The maximum atomic E-state index is 12.1. The normalized spacial score (nSPS) is 15.2. The summed E-state index contributed by atoms with van der Waals surface area (Å²) in [7, 11) is 0. The third-order valence-electron chi connectivity index (χ3n) is 3.00. The fraction of sp³-hybridized carbons (Fsp3) is 0.615. The Labute approximate surface area is 143 Å². The van der Waals surface area contributed by atoms with Crippen LogP contribution in [0.25, 0.3) is 0 Å². The molecular formula is C13H23N5O7. The van der Waals surface area contributed by atoms with Crippen molar-refractivity contribution in [1.82, 2.24) is 16.0 Å². The molecule has 25 heavy (non-hydrogen) atoms. The second kappa shape index (κ2) is 10.2. The van der Waals surface area contributed by atoms with Gasteiger partial charge in [0.2, 0.25) is 23.6 Å². The number of hydrogen-bond donors (Lipinski definition) is 7. The number of nitrogens with two attached hydrogens (primary N) is 2. The van der Waals surface area contributed by atoms with Gasteiger partial charge >= 0.3 is 5.97 Å². The molecule has 12 nitrogen and oxygen atoms in total. The Kier molecular flexibility index (Phi) is 9.09. The van der Waals surface area contributed by atoms with E-state index in [0.717, 1.165) is 0 Å². The quantitative estimate of drug-likeness (QED) is 0.202. The van der Waals surface area contributed by atoms with E-state index in [9.17, 15) is 24.0 Å². The van der Waals surface area contributed by atoms with Crippen molar-refractivity contribution in [2.24, 2.45) is 11.5 Å². The van der Waals surface area contributed by atoms with Gasteiger partial charge in [-0.3, -0.25) is 19.2 Å². The molecule has 0 heterocycles. The number of aliphatic hydroxyl groups is 1. The Balaban J connectivity index is 4.90. The molecule has 0 saturated carbocycles. The number of hydrogen-bond acceptors (Lipinski definition) is 7. The summed E-state index contributed by atoms with van der Waals surface area (Å²) in [5.41, 5.74) is 10.4. The maximum absolute atomic E-state index is 12.1. The summed E-state index contributed by atoms with van der Waals surface area (Å²) in [6.07, 6.45) is -0.521. The Hall–Kier alpha value is -2.73. The molecule has 0 saturated heterocycles. The van der Waals surface area contributed by atoms with Gasteiger partial charge in [-0.15, -0.1) is 0 Å². The molecule has 0 radical (unpaired) electrons. The van der Waals surface area contributed by atoms with Crippen molar-refractivity contribution in [3.8, 4) is 0 Å². The molecule has 0 spiro atoms. The van der Waals surface area contributed by atoms with Gasteiger partial charge in [-0.05, 0) is 13.8 Å². The summed E-state index contributed by atoms with van der Waals surface area (Å²) < 4.78 is 0. The Morgan fingerprint density at radius 2 is 1.44 bits per heavy atom. The minimum atomic E-state index is -1.54. The van der Waals surface area contributed by atoms with E-state index in [1.807, 2.05) is 5.32 Å². The summed E-state index contributed by atoms with van der Waals surface area (Å²) in [5, 5.41) is 24.0. The van der Waals surface area contributed by atoms with Gasteiger partial charge in [0.25, 0.3) is 0 Å². The number of rotatable bonds is 10. The highest BCUT2D eigenvalue weighted by Crippen LogP contribution is 1.96. The van der Waals surface area contributed by atoms with E-state index in [1.165, 1.54) is 13.8 Å². The summed E-state index contributed by atoms with van der Waals surface area (Å²) in [5.74, 6) is -4.79. The van der Waals surface area contributed by atoms with Gasteiger partial charge in [0, 0.05) is 0 Å². The molecule has 0 aliphatic carbocycles. The van der Waals surface area contributed by atoms with Crippen molar-refractivity contribution >= 4 is 29.6 Å². The number of carbonyl (C=O) groups excluding carboxylic acids is 4. The second-order valence-corrected chi connectivity index (χ2v) is 5.33. The summed E-state index contributed by atoms with van der Waals surface area (Å²) in [4.78, 5) is 57.3. The largest absolute Gasteiger partial charge is 0.480 e. The zero-order chi connectivity index (χ0) is 19.7. The lowest BCUT2D eigenvalue weighted by atomic mass is 10.1. The average Bonchev–Trinajstić information content (AvgIpc) is 2.50. The van der Waals surface area contributed by atoms with Crippen molar-refractivity contribution in [2.45, 2.75) is 44.4 Å². The van der Waals surface area contributed by atoms with Gasteiger partial charge in [-0.2, -0.15) is 0 Å². The van der Waals surface area contributed by atoms with E-state index in [4.69, 9.17) is 21.7 Å². The fourth-order valence-corrected chi connectivity index (χ4v) is 1.58. The van der Waals surface area contributed by atoms with E-state index in [2.05, 4.69) is 10.6 Å². The first-order valence-electron chi connectivity index (χ1n) is 7.28.